The van der Waals surface area contributed by atoms with Crippen LogP contribution in [0.2, 0.25) is 0 Å². The molecule has 0 aliphatic heterocycles. The smallest absolute Gasteiger partial charge is 0.507 e. The predicted octanol–water partition coefficient (Wildman–Crippen LogP) is 3.62. The first-order valence-corrected chi connectivity index (χ1v) is 8.81. The molecule has 3 N–H and O–H groups in total. The van der Waals surface area contributed by atoms with Crippen LogP contribution in [0.15, 0.2) is 36.5 Å². The maximum atomic E-state index is 12.4. The van der Waals surface area contributed by atoms with Crippen molar-refractivity contribution in [3.8, 4) is 22.8 Å². The summed E-state index contributed by atoms with van der Waals surface area (Å²) in [7, 11) is 0. The third-order valence-corrected chi connectivity index (χ3v) is 4.71. The minimum absolute atomic E-state index is 0.0301. The lowest BCUT2D eigenvalue weighted by Gasteiger charge is -2.41. The second-order valence-electron chi connectivity index (χ2n) is 7.27. The van der Waals surface area contributed by atoms with Crippen molar-refractivity contribution in [3.05, 3.63) is 36.5 Å². The number of aromatic nitrogens is 3. The number of pyridine rings is 1. The molecule has 152 valence electrons. The van der Waals surface area contributed by atoms with Gasteiger partial charge in [0.2, 0.25) is 0 Å². The number of aliphatic hydroxyl groups is 1. The number of alkyl halides is 3. The molecule has 7 nitrogen and oxygen atoms in total. The fourth-order valence-electron chi connectivity index (χ4n) is 3.49. The molecular formula is C19H17F3N4O3. The van der Waals surface area contributed by atoms with Crippen LogP contribution in [0, 0.1) is 0 Å². The van der Waals surface area contributed by atoms with Gasteiger partial charge in [-0.15, -0.1) is 23.4 Å². The Kier molecular flexibility index (Phi) is 4.45. The average molecular weight is 406 g/mol. The van der Waals surface area contributed by atoms with Gasteiger partial charge in [-0.3, -0.25) is 4.98 Å². The number of halogens is 3. The number of nitrogens with zero attached hydrogens (tertiary/aromatic N) is 3. The first-order valence-electron chi connectivity index (χ1n) is 8.81. The fraction of sp³-hybridized carbons (Fsp3) is 0.316. The highest BCUT2D eigenvalue weighted by Crippen LogP contribution is 2.38. The van der Waals surface area contributed by atoms with Crippen molar-refractivity contribution in [2.24, 2.45) is 0 Å². The summed E-state index contributed by atoms with van der Waals surface area (Å²) in [5, 5.41) is 32.2. The molecule has 1 saturated carbocycles. The monoisotopic (exact) mass is 406 g/mol. The molecule has 1 aliphatic rings. The van der Waals surface area contributed by atoms with Crippen LogP contribution in [0.5, 0.6) is 11.5 Å². The van der Waals surface area contributed by atoms with Crippen LogP contribution in [-0.4, -0.2) is 43.4 Å². The van der Waals surface area contributed by atoms with Crippen molar-refractivity contribution in [1.82, 2.24) is 15.2 Å². The Morgan fingerprint density at radius 2 is 1.97 bits per heavy atom. The van der Waals surface area contributed by atoms with E-state index < -0.39 is 23.5 Å². The van der Waals surface area contributed by atoms with Crippen LogP contribution in [0.3, 0.4) is 0 Å². The number of benzene rings is 1. The molecule has 2 aromatic heterocycles. The summed E-state index contributed by atoms with van der Waals surface area (Å²) in [6.07, 6.45) is -2.15. The van der Waals surface area contributed by atoms with Gasteiger partial charge in [-0.05, 0) is 44.0 Å². The van der Waals surface area contributed by atoms with Crippen LogP contribution < -0.4 is 10.1 Å². The van der Waals surface area contributed by atoms with E-state index in [1.807, 2.05) is 0 Å². The Morgan fingerprint density at radius 3 is 2.62 bits per heavy atom. The van der Waals surface area contributed by atoms with E-state index in [9.17, 15) is 23.4 Å². The molecule has 3 aromatic rings. The molecule has 29 heavy (non-hydrogen) atoms. The number of rotatable bonds is 4. The van der Waals surface area contributed by atoms with E-state index in [0.717, 1.165) is 12.1 Å². The molecule has 0 amide bonds. The molecular weight excluding hydrogens is 389 g/mol. The molecule has 0 atom stereocenters. The van der Waals surface area contributed by atoms with Gasteiger partial charge in [0.15, 0.2) is 5.82 Å². The molecule has 0 unspecified atom stereocenters. The van der Waals surface area contributed by atoms with Crippen LogP contribution in [0.25, 0.3) is 22.2 Å². The Labute approximate surface area is 163 Å². The number of nitrogens with one attached hydrogen (secondary N) is 1. The molecule has 0 saturated heterocycles. The summed E-state index contributed by atoms with van der Waals surface area (Å²) in [4.78, 5) is 4.33. The van der Waals surface area contributed by atoms with Crippen LogP contribution in [0.1, 0.15) is 19.8 Å². The quantitative estimate of drug-likeness (QED) is 0.608. The van der Waals surface area contributed by atoms with Crippen molar-refractivity contribution in [3.63, 3.8) is 0 Å². The van der Waals surface area contributed by atoms with Gasteiger partial charge in [0.25, 0.3) is 0 Å². The third kappa shape index (κ3) is 4.02. The van der Waals surface area contributed by atoms with Gasteiger partial charge in [0, 0.05) is 29.3 Å². The van der Waals surface area contributed by atoms with Crippen molar-refractivity contribution in [1.29, 1.82) is 0 Å². The van der Waals surface area contributed by atoms with Crippen LogP contribution in [-0.2, 0) is 0 Å². The zero-order valence-corrected chi connectivity index (χ0v) is 15.2. The largest absolute Gasteiger partial charge is 0.573 e. The van der Waals surface area contributed by atoms with Crippen molar-refractivity contribution in [2.45, 2.75) is 37.8 Å². The third-order valence-electron chi connectivity index (χ3n) is 4.71. The lowest BCUT2D eigenvalue weighted by Crippen LogP contribution is -2.48. The lowest BCUT2D eigenvalue weighted by atomic mass is 9.77. The van der Waals surface area contributed by atoms with E-state index in [0.29, 0.717) is 29.6 Å². The number of hydrogen-bond donors (Lipinski definition) is 3. The van der Waals surface area contributed by atoms with Crippen LogP contribution >= 0.6 is 0 Å². The summed E-state index contributed by atoms with van der Waals surface area (Å²) >= 11 is 0. The number of aromatic hydroxyl groups is 1. The molecule has 0 bridgehead atoms. The zero-order chi connectivity index (χ0) is 20.8. The van der Waals surface area contributed by atoms with Gasteiger partial charge in [0.05, 0.1) is 5.60 Å². The van der Waals surface area contributed by atoms with Gasteiger partial charge >= 0.3 is 6.36 Å². The molecule has 1 aromatic carbocycles. The van der Waals surface area contributed by atoms with Gasteiger partial charge in [-0.2, -0.15) is 0 Å². The number of phenolic OH excluding ortho intramolecular Hbond substituents is 1. The highest BCUT2D eigenvalue weighted by molar-refractivity contribution is 5.98. The molecule has 2 heterocycles. The van der Waals surface area contributed by atoms with Gasteiger partial charge in [0.1, 0.15) is 22.7 Å². The maximum Gasteiger partial charge on any atom is 0.573 e. The van der Waals surface area contributed by atoms with E-state index in [1.165, 1.54) is 6.07 Å². The molecule has 0 radical (unpaired) electrons. The number of hydrogen-bond acceptors (Lipinski definition) is 7. The second-order valence-corrected chi connectivity index (χ2v) is 7.27. The van der Waals surface area contributed by atoms with Crippen LogP contribution in [0.4, 0.5) is 19.0 Å². The second kappa shape index (κ2) is 6.73. The molecule has 4 rings (SSSR count). The van der Waals surface area contributed by atoms with E-state index in [4.69, 9.17) is 0 Å². The molecule has 1 fully saturated rings. The first kappa shape index (κ1) is 19.2. The SMILES string of the molecule is CC1(O)CC(Nc2nnc(-c3ccc(OC(F)(F)F)cc3O)c3cccnc23)C1. The van der Waals surface area contributed by atoms with Gasteiger partial charge in [-0.25, -0.2) is 0 Å². The zero-order valence-electron chi connectivity index (χ0n) is 15.2. The van der Waals surface area contributed by atoms with Crippen molar-refractivity contribution >= 4 is 16.7 Å². The minimum Gasteiger partial charge on any atom is -0.507 e. The molecule has 1 aliphatic carbocycles. The van der Waals surface area contributed by atoms with Gasteiger partial charge < -0.3 is 20.3 Å². The highest BCUT2D eigenvalue weighted by Gasteiger charge is 2.38. The number of fused-ring (bicyclic) bond motifs is 1. The normalized spacial score (nSPS) is 21.6. The standard InChI is InChI=1S/C19H17F3N4O3/c1-18(28)8-10(9-18)24-17-16-13(3-2-6-23-16)15(25-26-17)12-5-4-11(7-14(12)27)29-19(20,21)22/h2-7,10,27-28H,8-9H2,1H3,(H,24,26). The number of phenols is 1. The maximum absolute atomic E-state index is 12.4. The predicted molar refractivity (Wildman–Crippen MR) is 98.4 cm³/mol. The summed E-state index contributed by atoms with van der Waals surface area (Å²) in [5.41, 5.74) is 0.262. The fourth-order valence-corrected chi connectivity index (χ4v) is 3.49. The Hall–Kier alpha value is -3.14. The van der Waals surface area contributed by atoms with E-state index in [2.05, 4.69) is 25.2 Å². The molecule has 10 heteroatoms. The number of ether oxygens (including phenoxy) is 1. The highest BCUT2D eigenvalue weighted by atomic mass is 19.4. The summed E-state index contributed by atoms with van der Waals surface area (Å²) in [6, 6.07) is 6.69. The lowest BCUT2D eigenvalue weighted by molar-refractivity contribution is -0.274. The Balaban J connectivity index is 1.69. The Bertz CT molecular complexity index is 1060. The average Bonchev–Trinajstić information content (AvgIpc) is 2.60. The van der Waals surface area contributed by atoms with E-state index in [-0.39, 0.29) is 17.3 Å². The molecule has 0 spiro atoms. The first-order chi connectivity index (χ1) is 13.6. The van der Waals surface area contributed by atoms with E-state index in [1.54, 1.807) is 25.3 Å². The van der Waals surface area contributed by atoms with Crippen molar-refractivity contribution < 1.29 is 28.1 Å². The summed E-state index contributed by atoms with van der Waals surface area (Å²) in [5.74, 6) is -0.534. The summed E-state index contributed by atoms with van der Waals surface area (Å²) in [6.45, 7) is 1.76. The van der Waals surface area contributed by atoms with Crippen molar-refractivity contribution in [2.75, 3.05) is 5.32 Å². The Morgan fingerprint density at radius 1 is 1.21 bits per heavy atom. The van der Waals surface area contributed by atoms with Gasteiger partial charge in [-0.1, -0.05) is 0 Å². The minimum atomic E-state index is -4.86. The topological polar surface area (TPSA) is 100 Å². The van der Waals surface area contributed by atoms with E-state index >= 15 is 0 Å². The summed E-state index contributed by atoms with van der Waals surface area (Å²) < 4.78 is 41.0. The number of anilines is 1.